The van der Waals surface area contributed by atoms with Crippen LogP contribution < -0.4 is 65.1 Å². The summed E-state index contributed by atoms with van der Waals surface area (Å²) < 4.78 is 0. The third-order valence-electron chi connectivity index (χ3n) is 11.2. The SMILES string of the molecule is C[C@H]1NC(=O)[C@H](CCCCNC(=O)CCCCCN)NC(=O)[C@@H](C)NC(=O)[C@H](CCCCNC(=O)CCCCCN)NC(=O)[C@@H](C)NC(=O)[C@H](CCCCNC(=O)CCCCCN)NC1=O. The Bertz CT molecular complexity index is 1330. The van der Waals surface area contributed by atoms with E-state index >= 15 is 0 Å². The molecule has 0 radical (unpaired) electrons. The molecule has 0 aromatic heterocycles. The molecule has 1 rings (SSSR count). The predicted octanol–water partition coefficient (Wildman–Crippen LogP) is -0.615. The summed E-state index contributed by atoms with van der Waals surface area (Å²) in [6.07, 6.45) is 11.5. The fourth-order valence-electron chi connectivity index (χ4n) is 7.02. The maximum atomic E-state index is 13.7. The van der Waals surface area contributed by atoms with Crippen LogP contribution in [0.5, 0.6) is 0 Å². The van der Waals surface area contributed by atoms with Crippen molar-refractivity contribution in [2.45, 2.75) is 192 Å². The summed E-state index contributed by atoms with van der Waals surface area (Å²) in [5, 5.41) is 24.6. The first-order chi connectivity index (χ1) is 31.6. The van der Waals surface area contributed by atoms with Crippen LogP contribution in [0.4, 0.5) is 0 Å². The van der Waals surface area contributed by atoms with Crippen LogP contribution in [0.2, 0.25) is 0 Å². The number of hydrogen-bond acceptors (Lipinski definition) is 12. The molecule has 1 heterocycles. The number of carbonyl (C=O) groups is 9. The summed E-state index contributed by atoms with van der Waals surface area (Å²) in [5.41, 5.74) is 16.6. The van der Waals surface area contributed by atoms with Gasteiger partial charge in [-0.25, -0.2) is 0 Å². The molecular weight excluding hydrogens is 853 g/mol. The Labute approximate surface area is 391 Å². The molecule has 0 aromatic carbocycles. The third kappa shape index (κ3) is 27.6. The van der Waals surface area contributed by atoms with Crippen LogP contribution in [0.1, 0.15) is 156 Å². The van der Waals surface area contributed by atoms with E-state index in [-0.39, 0.29) is 37.0 Å². The number of nitrogens with two attached hydrogens (primary N) is 3. The molecule has 1 saturated heterocycles. The van der Waals surface area contributed by atoms with Gasteiger partial charge in [-0.2, -0.15) is 0 Å². The van der Waals surface area contributed by atoms with Crippen molar-refractivity contribution in [1.82, 2.24) is 47.9 Å². The van der Waals surface area contributed by atoms with Gasteiger partial charge in [0.05, 0.1) is 0 Å². The molecule has 21 nitrogen and oxygen atoms in total. The normalized spacial score (nSPS) is 21.2. The summed E-state index contributed by atoms with van der Waals surface area (Å²) in [5.74, 6) is -4.35. The van der Waals surface area contributed by atoms with Gasteiger partial charge in [0.15, 0.2) is 0 Å². The lowest BCUT2D eigenvalue weighted by Gasteiger charge is -2.27. The molecule has 0 unspecified atom stereocenters. The largest absolute Gasteiger partial charge is 0.356 e. The quantitative estimate of drug-likeness (QED) is 0.0402. The first kappa shape index (κ1) is 59.1. The molecule has 1 fully saturated rings. The van der Waals surface area contributed by atoms with Gasteiger partial charge in [0.2, 0.25) is 53.2 Å². The molecule has 0 aromatic rings. The van der Waals surface area contributed by atoms with Crippen LogP contribution in [-0.4, -0.2) is 129 Å². The number of rotatable bonds is 30. The molecule has 0 bridgehead atoms. The van der Waals surface area contributed by atoms with E-state index in [2.05, 4.69) is 47.9 Å². The van der Waals surface area contributed by atoms with Gasteiger partial charge in [0.25, 0.3) is 0 Å². The molecular formula is C45H84N12O9. The van der Waals surface area contributed by atoms with Gasteiger partial charge in [-0.3, -0.25) is 43.2 Å². The van der Waals surface area contributed by atoms with E-state index in [0.717, 1.165) is 57.8 Å². The topological polar surface area (TPSA) is 340 Å². The zero-order valence-electron chi connectivity index (χ0n) is 40.0. The van der Waals surface area contributed by atoms with E-state index in [1.54, 1.807) is 0 Å². The Hall–Kier alpha value is -4.89. The van der Waals surface area contributed by atoms with Crippen LogP contribution in [0.25, 0.3) is 0 Å². The highest BCUT2D eigenvalue weighted by molar-refractivity contribution is 5.98. The number of carbonyl (C=O) groups excluding carboxylic acids is 9. The van der Waals surface area contributed by atoms with Gasteiger partial charge in [-0.05, 0) is 137 Å². The highest BCUT2D eigenvalue weighted by atomic mass is 16.2. The minimum atomic E-state index is -1.16. The van der Waals surface area contributed by atoms with E-state index in [0.29, 0.717) is 97.1 Å². The minimum absolute atomic E-state index is 0.0948. The number of unbranched alkanes of at least 4 members (excludes halogenated alkanes) is 9. The smallest absolute Gasteiger partial charge is 0.243 e. The van der Waals surface area contributed by atoms with Crippen LogP contribution in [0.15, 0.2) is 0 Å². The molecule has 1 aliphatic heterocycles. The van der Waals surface area contributed by atoms with Gasteiger partial charge in [-0.1, -0.05) is 19.3 Å². The molecule has 21 heteroatoms. The Balaban J connectivity index is 3.21. The predicted molar refractivity (Wildman–Crippen MR) is 252 cm³/mol. The summed E-state index contributed by atoms with van der Waals surface area (Å²) in [7, 11) is 0. The molecule has 15 N–H and O–H groups in total. The molecule has 1 aliphatic rings. The zero-order valence-corrected chi connectivity index (χ0v) is 40.0. The van der Waals surface area contributed by atoms with Crippen molar-refractivity contribution in [3.05, 3.63) is 0 Å². The van der Waals surface area contributed by atoms with E-state index in [9.17, 15) is 43.2 Å². The fraction of sp³-hybridized carbons (Fsp3) is 0.800. The first-order valence-electron chi connectivity index (χ1n) is 24.4. The van der Waals surface area contributed by atoms with Crippen molar-refractivity contribution in [1.29, 1.82) is 0 Å². The van der Waals surface area contributed by atoms with Crippen molar-refractivity contribution in [2.75, 3.05) is 39.3 Å². The van der Waals surface area contributed by atoms with Gasteiger partial charge < -0.3 is 65.1 Å². The van der Waals surface area contributed by atoms with Crippen LogP contribution in [-0.2, 0) is 43.2 Å². The Morgan fingerprint density at radius 1 is 0.364 bits per heavy atom. The fourth-order valence-corrected chi connectivity index (χ4v) is 7.02. The average molecular weight is 937 g/mol. The summed E-state index contributed by atoms with van der Waals surface area (Å²) in [6.45, 7) is 7.05. The van der Waals surface area contributed by atoms with Crippen molar-refractivity contribution < 1.29 is 43.2 Å². The molecule has 0 spiro atoms. The Morgan fingerprint density at radius 3 is 0.864 bits per heavy atom. The van der Waals surface area contributed by atoms with Crippen LogP contribution in [0, 0.1) is 0 Å². The molecule has 6 atom stereocenters. The van der Waals surface area contributed by atoms with Crippen LogP contribution in [0.3, 0.4) is 0 Å². The first-order valence-corrected chi connectivity index (χ1v) is 24.4. The zero-order chi connectivity index (χ0) is 49.1. The van der Waals surface area contributed by atoms with Gasteiger partial charge in [-0.15, -0.1) is 0 Å². The van der Waals surface area contributed by atoms with Crippen LogP contribution >= 0.6 is 0 Å². The average Bonchev–Trinajstić information content (AvgIpc) is 3.28. The van der Waals surface area contributed by atoms with Gasteiger partial charge in [0, 0.05) is 38.9 Å². The maximum absolute atomic E-state index is 13.7. The van der Waals surface area contributed by atoms with Gasteiger partial charge in [0.1, 0.15) is 36.3 Å². The van der Waals surface area contributed by atoms with E-state index in [1.807, 2.05) is 0 Å². The van der Waals surface area contributed by atoms with Crippen molar-refractivity contribution in [2.24, 2.45) is 17.2 Å². The van der Waals surface area contributed by atoms with Gasteiger partial charge >= 0.3 is 0 Å². The maximum Gasteiger partial charge on any atom is 0.243 e. The van der Waals surface area contributed by atoms with E-state index in [4.69, 9.17) is 17.2 Å². The summed E-state index contributed by atoms with van der Waals surface area (Å²) >= 11 is 0. The standard InChI is InChI=1S/C45H84N12O9/c1-31-40(61)55-35(20-11-17-29-50-38(59)23-8-5-14-26-47)44(65)53-33(3)42(63)57-36(21-12-18-30-51-39(60)24-9-6-15-27-48)45(66)54-32(2)41(62)56-34(43(64)52-31)19-10-16-28-49-37(58)22-7-4-13-25-46/h31-36H,4-30,46-48H2,1-3H3,(H,49,58)(H,50,59)(H,51,60)(H,52,64)(H,53,65)(H,54,66)(H,55,61)(H,56,62)(H,57,63)/t31-,32-,33-,34+,35+,36+/m1/s1. The third-order valence-corrected chi connectivity index (χ3v) is 11.2. The monoisotopic (exact) mass is 937 g/mol. The van der Waals surface area contributed by atoms with E-state index in [1.165, 1.54) is 20.8 Å². The molecule has 66 heavy (non-hydrogen) atoms. The Morgan fingerprint density at radius 2 is 0.621 bits per heavy atom. The lowest BCUT2D eigenvalue weighted by Crippen LogP contribution is -2.60. The molecule has 378 valence electrons. The highest BCUT2D eigenvalue weighted by Gasteiger charge is 2.32. The summed E-state index contributed by atoms with van der Waals surface area (Å²) in [6, 6.07) is -6.88. The summed E-state index contributed by atoms with van der Waals surface area (Å²) in [4.78, 5) is 119. The Kier molecular flexibility index (Phi) is 32.5. The van der Waals surface area contributed by atoms with Crippen molar-refractivity contribution >= 4 is 53.2 Å². The lowest BCUT2D eigenvalue weighted by atomic mass is 10.1. The number of nitrogens with one attached hydrogen (secondary N) is 9. The lowest BCUT2D eigenvalue weighted by molar-refractivity contribution is -0.136. The second-order valence-electron chi connectivity index (χ2n) is 17.2. The molecule has 0 aliphatic carbocycles. The van der Waals surface area contributed by atoms with E-state index < -0.39 is 71.7 Å². The second-order valence-corrected chi connectivity index (χ2v) is 17.2. The molecule has 0 saturated carbocycles. The highest BCUT2D eigenvalue weighted by Crippen LogP contribution is 2.09. The van der Waals surface area contributed by atoms with Crippen molar-refractivity contribution in [3.8, 4) is 0 Å². The number of hydrogen-bond donors (Lipinski definition) is 12. The number of amides is 9. The minimum Gasteiger partial charge on any atom is -0.356 e. The molecule has 9 amide bonds. The second kappa shape index (κ2) is 36.3. The van der Waals surface area contributed by atoms with Crippen molar-refractivity contribution in [3.63, 3.8) is 0 Å².